The number of hydrogen-bond acceptors (Lipinski definition) is 5. The van der Waals surface area contributed by atoms with Crippen molar-refractivity contribution in [1.29, 1.82) is 0 Å². The van der Waals surface area contributed by atoms with Gasteiger partial charge in [0.2, 0.25) is 5.91 Å². The number of hydrogen-bond donors (Lipinski definition) is 4. The number of halogens is 1. The largest absolute Gasteiger partial charge is 0.492 e. The Balaban J connectivity index is 0.00000264. The fraction of sp³-hybridized carbons (Fsp3) is 0.562. The van der Waals surface area contributed by atoms with Crippen LogP contribution < -0.4 is 26.6 Å². The highest BCUT2D eigenvalue weighted by molar-refractivity contribution is 5.95. The lowest BCUT2D eigenvalue weighted by molar-refractivity contribution is -0.117. The molecule has 1 heterocycles. The molecule has 23 heavy (non-hydrogen) atoms. The molecule has 1 saturated heterocycles. The highest BCUT2D eigenvalue weighted by atomic mass is 35.5. The molecule has 0 aromatic heterocycles. The van der Waals surface area contributed by atoms with E-state index < -0.39 is 0 Å². The van der Waals surface area contributed by atoms with Crippen molar-refractivity contribution in [2.45, 2.75) is 39.3 Å². The van der Waals surface area contributed by atoms with E-state index in [2.05, 4.69) is 36.9 Å². The van der Waals surface area contributed by atoms with Crippen LogP contribution in [0.4, 0.5) is 5.69 Å². The Bertz CT molecular complexity index is 502. The minimum absolute atomic E-state index is 0. The van der Waals surface area contributed by atoms with E-state index in [1.165, 1.54) is 0 Å². The molecule has 0 bridgehead atoms. The maximum Gasteiger partial charge on any atom is 0.242 e. The van der Waals surface area contributed by atoms with Gasteiger partial charge in [-0.3, -0.25) is 10.2 Å². The Hall–Kier alpha value is -1.34. The van der Waals surface area contributed by atoms with Gasteiger partial charge in [0.1, 0.15) is 18.4 Å². The van der Waals surface area contributed by atoms with Crippen LogP contribution in [-0.4, -0.2) is 31.1 Å². The summed E-state index contributed by atoms with van der Waals surface area (Å²) in [6.45, 7) is 7.44. The molecule has 2 rings (SSSR count). The number of benzene rings is 1. The van der Waals surface area contributed by atoms with Crippen molar-refractivity contribution in [3.8, 4) is 5.75 Å². The Morgan fingerprint density at radius 3 is 2.48 bits per heavy atom. The average molecular weight is 343 g/mol. The SMILES string of the molecule is CC(C)(C)C1CC(C(=O)Nc2ccc(OCCN)cc2)NN1.Cl. The summed E-state index contributed by atoms with van der Waals surface area (Å²) in [5.74, 6) is 0.715. The second-order valence-corrected chi connectivity index (χ2v) is 6.65. The molecule has 1 amide bonds. The molecule has 0 spiro atoms. The minimum Gasteiger partial charge on any atom is -0.492 e. The van der Waals surface area contributed by atoms with Crippen LogP contribution in [0.1, 0.15) is 27.2 Å². The van der Waals surface area contributed by atoms with Gasteiger partial charge in [-0.1, -0.05) is 20.8 Å². The van der Waals surface area contributed by atoms with Crippen LogP contribution in [-0.2, 0) is 4.79 Å². The zero-order chi connectivity index (χ0) is 16.2. The van der Waals surface area contributed by atoms with E-state index in [4.69, 9.17) is 10.5 Å². The topological polar surface area (TPSA) is 88.4 Å². The lowest BCUT2D eigenvalue weighted by Crippen LogP contribution is -2.42. The fourth-order valence-electron chi connectivity index (χ4n) is 2.34. The standard InChI is InChI=1S/C16H26N4O2.ClH/c1-16(2,3)14-10-13(19-20-14)15(21)18-11-4-6-12(7-5-11)22-9-8-17;/h4-7,13-14,19-20H,8-10,17H2,1-3H3,(H,18,21);1H. The summed E-state index contributed by atoms with van der Waals surface area (Å²) in [6.07, 6.45) is 0.771. The van der Waals surface area contributed by atoms with Crippen LogP contribution in [0.5, 0.6) is 5.75 Å². The van der Waals surface area contributed by atoms with Crippen molar-refractivity contribution < 1.29 is 9.53 Å². The molecule has 1 aliphatic heterocycles. The molecular formula is C16H27ClN4O2. The quantitative estimate of drug-likeness (QED) is 0.653. The molecule has 1 aromatic rings. The Morgan fingerprint density at radius 1 is 1.30 bits per heavy atom. The number of amides is 1. The predicted molar refractivity (Wildman–Crippen MR) is 94.8 cm³/mol. The molecule has 2 atom stereocenters. The van der Waals surface area contributed by atoms with Crippen LogP contribution in [0.25, 0.3) is 0 Å². The first-order valence-electron chi connectivity index (χ1n) is 7.65. The molecule has 0 radical (unpaired) electrons. The van der Waals surface area contributed by atoms with E-state index in [9.17, 15) is 4.79 Å². The molecule has 1 aromatic carbocycles. The molecule has 0 saturated carbocycles. The first kappa shape index (κ1) is 19.7. The summed E-state index contributed by atoms with van der Waals surface area (Å²) in [5.41, 5.74) is 12.5. The maximum atomic E-state index is 12.3. The third-order valence-corrected chi connectivity index (χ3v) is 3.77. The summed E-state index contributed by atoms with van der Waals surface area (Å²) < 4.78 is 5.41. The number of carbonyl (C=O) groups is 1. The van der Waals surface area contributed by atoms with E-state index in [1.54, 1.807) is 0 Å². The van der Waals surface area contributed by atoms with Gasteiger partial charge in [-0.25, -0.2) is 5.43 Å². The van der Waals surface area contributed by atoms with Gasteiger partial charge >= 0.3 is 0 Å². The number of carbonyl (C=O) groups excluding carboxylic acids is 1. The lowest BCUT2D eigenvalue weighted by atomic mass is 9.84. The third kappa shape index (κ3) is 5.66. The monoisotopic (exact) mass is 342 g/mol. The van der Waals surface area contributed by atoms with Crippen molar-refractivity contribution >= 4 is 24.0 Å². The van der Waals surface area contributed by atoms with Crippen LogP contribution in [0.15, 0.2) is 24.3 Å². The molecule has 7 heteroatoms. The average Bonchev–Trinajstić information content (AvgIpc) is 2.96. The molecular weight excluding hydrogens is 316 g/mol. The zero-order valence-corrected chi connectivity index (χ0v) is 14.7. The van der Waals surface area contributed by atoms with Crippen molar-refractivity contribution in [3.63, 3.8) is 0 Å². The van der Waals surface area contributed by atoms with Crippen LogP contribution in [0.2, 0.25) is 0 Å². The summed E-state index contributed by atoms with van der Waals surface area (Å²) in [6, 6.07) is 7.35. The second-order valence-electron chi connectivity index (χ2n) is 6.65. The van der Waals surface area contributed by atoms with Gasteiger partial charge in [0.15, 0.2) is 0 Å². The van der Waals surface area contributed by atoms with Crippen molar-refractivity contribution in [3.05, 3.63) is 24.3 Å². The van der Waals surface area contributed by atoms with Gasteiger partial charge < -0.3 is 15.8 Å². The van der Waals surface area contributed by atoms with E-state index in [0.717, 1.165) is 17.9 Å². The normalized spacial score (nSPS) is 20.7. The number of anilines is 1. The van der Waals surface area contributed by atoms with Gasteiger partial charge in [-0.2, -0.15) is 0 Å². The number of nitrogens with two attached hydrogens (primary N) is 1. The fourth-order valence-corrected chi connectivity index (χ4v) is 2.34. The summed E-state index contributed by atoms with van der Waals surface area (Å²) >= 11 is 0. The summed E-state index contributed by atoms with van der Waals surface area (Å²) in [4.78, 5) is 12.3. The van der Waals surface area contributed by atoms with E-state index >= 15 is 0 Å². The first-order valence-corrected chi connectivity index (χ1v) is 7.65. The smallest absolute Gasteiger partial charge is 0.242 e. The number of ether oxygens (including phenoxy) is 1. The van der Waals surface area contributed by atoms with Gasteiger partial charge in [0.05, 0.1) is 0 Å². The van der Waals surface area contributed by atoms with Gasteiger partial charge in [-0.05, 0) is 36.1 Å². The highest BCUT2D eigenvalue weighted by Gasteiger charge is 2.35. The lowest BCUT2D eigenvalue weighted by Gasteiger charge is -2.25. The third-order valence-electron chi connectivity index (χ3n) is 3.77. The number of nitrogens with one attached hydrogen (secondary N) is 3. The van der Waals surface area contributed by atoms with Crippen LogP contribution >= 0.6 is 12.4 Å². The Morgan fingerprint density at radius 2 is 1.96 bits per heavy atom. The van der Waals surface area contributed by atoms with Gasteiger partial charge in [0, 0.05) is 18.3 Å². The Kier molecular flexibility index (Phi) is 7.28. The van der Waals surface area contributed by atoms with E-state index in [1.807, 2.05) is 24.3 Å². The molecule has 6 nitrogen and oxygen atoms in total. The van der Waals surface area contributed by atoms with Crippen molar-refractivity contribution in [2.75, 3.05) is 18.5 Å². The molecule has 2 unspecified atom stereocenters. The van der Waals surface area contributed by atoms with Gasteiger partial charge in [-0.15, -0.1) is 12.4 Å². The van der Waals surface area contributed by atoms with Crippen molar-refractivity contribution in [2.24, 2.45) is 11.1 Å². The molecule has 1 aliphatic rings. The van der Waals surface area contributed by atoms with Crippen molar-refractivity contribution in [1.82, 2.24) is 10.9 Å². The Labute approximate surface area is 143 Å². The van der Waals surface area contributed by atoms with Gasteiger partial charge in [0.25, 0.3) is 0 Å². The number of hydrazine groups is 1. The zero-order valence-electron chi connectivity index (χ0n) is 13.9. The first-order chi connectivity index (χ1) is 10.4. The maximum absolute atomic E-state index is 12.3. The number of rotatable bonds is 5. The van der Waals surface area contributed by atoms with Crippen LogP contribution in [0.3, 0.4) is 0 Å². The second kappa shape index (κ2) is 8.49. The summed E-state index contributed by atoms with van der Waals surface area (Å²) in [7, 11) is 0. The molecule has 5 N–H and O–H groups in total. The van der Waals surface area contributed by atoms with E-state index in [-0.39, 0.29) is 35.8 Å². The molecule has 0 aliphatic carbocycles. The summed E-state index contributed by atoms with van der Waals surface area (Å²) in [5, 5.41) is 2.92. The molecule has 130 valence electrons. The molecule has 1 fully saturated rings. The van der Waals surface area contributed by atoms with Crippen LogP contribution in [0, 0.1) is 5.41 Å². The minimum atomic E-state index is -0.225. The van der Waals surface area contributed by atoms with E-state index in [0.29, 0.717) is 13.2 Å². The highest BCUT2D eigenvalue weighted by Crippen LogP contribution is 2.25. The predicted octanol–water partition coefficient (Wildman–Crippen LogP) is 1.67.